The minimum atomic E-state index is -0.687. The average Bonchev–Trinajstić information content (AvgIpc) is 3.70. The first-order valence-corrected chi connectivity index (χ1v) is 20.1. The maximum atomic E-state index is 15.4. The van der Waals surface area contributed by atoms with Crippen molar-refractivity contribution in [1.82, 2.24) is 0 Å². The predicted octanol–water partition coefficient (Wildman–Crippen LogP) is 8.67. The highest BCUT2D eigenvalue weighted by Crippen LogP contribution is 2.90. The highest BCUT2D eigenvalue weighted by molar-refractivity contribution is 6.20. The molecule has 4 aromatic carbocycles. The van der Waals surface area contributed by atoms with E-state index in [1.165, 1.54) is 13.8 Å². The van der Waals surface area contributed by atoms with Gasteiger partial charge in [-0.1, -0.05) is 76.2 Å². The number of halogens is 2. The zero-order valence-corrected chi connectivity index (χ0v) is 32.8. The third kappa shape index (κ3) is 4.33. The van der Waals surface area contributed by atoms with Crippen molar-refractivity contribution < 1.29 is 28.7 Å². The van der Waals surface area contributed by atoms with Crippen LogP contribution in [0.25, 0.3) is 21.5 Å². The monoisotopic (exact) mass is 766 g/mol. The summed E-state index contributed by atoms with van der Waals surface area (Å²) in [7, 11) is 0. The van der Waals surface area contributed by atoms with E-state index in [1.807, 2.05) is 70.5 Å². The molecule has 54 heavy (non-hydrogen) atoms. The summed E-state index contributed by atoms with van der Waals surface area (Å²) >= 11 is 13.3. The summed E-state index contributed by atoms with van der Waals surface area (Å²) in [6, 6.07) is 19.3. The molecule has 10 heteroatoms. The molecule has 3 fully saturated rings. The van der Waals surface area contributed by atoms with Gasteiger partial charge < -0.3 is 19.3 Å². The molecule has 9 unspecified atom stereocenters. The summed E-state index contributed by atoms with van der Waals surface area (Å²) in [5.41, 5.74) is 2.22. The highest BCUT2D eigenvalue weighted by Gasteiger charge is 2.92. The van der Waals surface area contributed by atoms with Crippen LogP contribution in [0.5, 0.6) is 11.5 Å². The minimum Gasteiger partial charge on any atom is -0.426 e. The van der Waals surface area contributed by atoms with Crippen LogP contribution < -0.4 is 19.3 Å². The third-order valence-corrected chi connectivity index (χ3v) is 14.9. The molecule has 2 amide bonds. The fourth-order valence-corrected chi connectivity index (χ4v) is 13.0. The Labute approximate surface area is 325 Å². The number of anilines is 2. The molecule has 4 aromatic rings. The Morgan fingerprint density at radius 2 is 1.17 bits per heavy atom. The number of fused-ring (bicyclic) bond motifs is 6. The van der Waals surface area contributed by atoms with Crippen LogP contribution in [0.3, 0.4) is 0 Å². The number of carbonyl (C=O) groups is 4. The number of amides is 2. The largest absolute Gasteiger partial charge is 0.426 e. The SMILES string of the molecule is CC(=O)Oc1cc2c(c3ccccc13)C(CCl)CN2C(=O)C1(C)C2C(C)C3(C(=O)N4CC(CCl)c5c4cc(OC(C)=O)c4ccccc54)C(C(C)C)C1C23. The van der Waals surface area contributed by atoms with Crippen molar-refractivity contribution >= 4 is 79.9 Å². The lowest BCUT2D eigenvalue weighted by molar-refractivity contribution is -0.405. The van der Waals surface area contributed by atoms with Gasteiger partial charge in [0.2, 0.25) is 11.8 Å². The molecule has 8 nitrogen and oxygen atoms in total. The molecule has 9 rings (SSSR count). The van der Waals surface area contributed by atoms with Crippen LogP contribution in [0.2, 0.25) is 0 Å². The van der Waals surface area contributed by atoms with Crippen molar-refractivity contribution in [3.8, 4) is 11.5 Å². The van der Waals surface area contributed by atoms with Crippen molar-refractivity contribution in [3.63, 3.8) is 0 Å². The molecule has 5 aliphatic rings. The number of hydrogen-bond acceptors (Lipinski definition) is 6. The van der Waals surface area contributed by atoms with Gasteiger partial charge in [0, 0.05) is 73.4 Å². The summed E-state index contributed by atoms with van der Waals surface area (Å²) in [4.78, 5) is 58.8. The summed E-state index contributed by atoms with van der Waals surface area (Å²) in [5, 5.41) is 3.49. The lowest BCUT2D eigenvalue weighted by Crippen LogP contribution is -2.92. The van der Waals surface area contributed by atoms with Gasteiger partial charge in [-0.25, -0.2) is 0 Å². The number of benzene rings is 4. The number of rotatable bonds is 7. The Kier molecular flexibility index (Phi) is 8.02. The molecule has 3 aliphatic carbocycles. The summed E-state index contributed by atoms with van der Waals surface area (Å²) < 4.78 is 11.4. The van der Waals surface area contributed by atoms with Crippen LogP contribution >= 0.6 is 23.2 Å². The molecule has 3 saturated carbocycles. The molecule has 0 saturated heterocycles. The van der Waals surface area contributed by atoms with E-state index in [1.54, 1.807) is 0 Å². The molecule has 280 valence electrons. The van der Waals surface area contributed by atoms with Crippen molar-refractivity contribution in [2.24, 2.45) is 46.3 Å². The van der Waals surface area contributed by atoms with E-state index in [0.717, 1.165) is 44.0 Å². The maximum Gasteiger partial charge on any atom is 0.308 e. The average molecular weight is 768 g/mol. The smallest absolute Gasteiger partial charge is 0.308 e. The third-order valence-electron chi connectivity index (χ3n) is 14.1. The van der Waals surface area contributed by atoms with Gasteiger partial charge in [-0.2, -0.15) is 0 Å². The second-order valence-electron chi connectivity index (χ2n) is 16.8. The van der Waals surface area contributed by atoms with E-state index in [9.17, 15) is 9.59 Å². The Balaban J connectivity index is 1.09. The molecule has 0 N–H and O–H groups in total. The fourth-order valence-electron chi connectivity index (χ4n) is 12.5. The maximum absolute atomic E-state index is 15.4. The summed E-state index contributed by atoms with van der Waals surface area (Å²) in [6.45, 7) is 12.3. The van der Waals surface area contributed by atoms with E-state index in [0.29, 0.717) is 36.3 Å². The van der Waals surface area contributed by atoms with Gasteiger partial charge in [-0.05, 0) is 57.4 Å². The van der Waals surface area contributed by atoms with E-state index in [4.69, 9.17) is 32.7 Å². The van der Waals surface area contributed by atoms with E-state index >= 15 is 9.59 Å². The quantitative estimate of drug-likeness (QED) is 0.106. The van der Waals surface area contributed by atoms with Gasteiger partial charge in [0.1, 0.15) is 11.5 Å². The van der Waals surface area contributed by atoms with Gasteiger partial charge in [0.15, 0.2) is 0 Å². The molecule has 2 aliphatic heterocycles. The van der Waals surface area contributed by atoms with Crippen LogP contribution in [0.4, 0.5) is 11.4 Å². The highest BCUT2D eigenvalue weighted by atomic mass is 35.5. The molecular formula is C44H44Cl2N2O6. The molecule has 0 aromatic heterocycles. The Hall–Kier alpha value is -4.14. The predicted molar refractivity (Wildman–Crippen MR) is 211 cm³/mol. The number of hydrogen-bond donors (Lipinski definition) is 0. The molecule has 0 bridgehead atoms. The zero-order valence-electron chi connectivity index (χ0n) is 31.3. The number of alkyl halides is 2. The molecule has 2 heterocycles. The van der Waals surface area contributed by atoms with Gasteiger partial charge in [-0.3, -0.25) is 19.2 Å². The van der Waals surface area contributed by atoms with Gasteiger partial charge >= 0.3 is 11.9 Å². The molecule has 0 spiro atoms. The van der Waals surface area contributed by atoms with Gasteiger partial charge in [0.05, 0.1) is 22.2 Å². The van der Waals surface area contributed by atoms with E-state index in [-0.39, 0.29) is 59.2 Å². The van der Waals surface area contributed by atoms with Gasteiger partial charge in [-0.15, -0.1) is 23.2 Å². The standard InChI is InChI=1S/C44H44Cl2N2O6/c1-21(2)37-39-40-38(43(39,6)41(51)47-19-25(17-45)35-29-13-9-7-11-27(29)33(15-31(35)47)53-23(4)49)22(3)44(37,40)42(52)48-20-26(18-46)36-30-14-10-8-12-28(30)34(16-32(36)48)54-24(5)50/h7-16,21-22,25-26,37-40H,17-20H2,1-6H3. The van der Waals surface area contributed by atoms with Crippen LogP contribution in [-0.2, 0) is 19.2 Å². The summed E-state index contributed by atoms with van der Waals surface area (Å²) in [5.74, 6) is 0.892. The van der Waals surface area contributed by atoms with Crippen LogP contribution in [-0.4, -0.2) is 48.6 Å². The van der Waals surface area contributed by atoms with Crippen molar-refractivity contribution in [3.05, 3.63) is 71.8 Å². The second-order valence-corrected chi connectivity index (χ2v) is 17.4. The van der Waals surface area contributed by atoms with E-state index in [2.05, 4.69) is 27.7 Å². The first kappa shape index (κ1) is 35.6. The lowest BCUT2D eigenvalue weighted by Gasteiger charge is -2.89. The first-order valence-electron chi connectivity index (χ1n) is 19.1. The Bertz CT molecular complexity index is 2320. The lowest BCUT2D eigenvalue weighted by atomic mass is 9.13. The van der Waals surface area contributed by atoms with Crippen LogP contribution in [0.15, 0.2) is 60.7 Å². The Morgan fingerprint density at radius 1 is 0.722 bits per heavy atom. The fraction of sp³-hybridized carbons (Fsp3) is 0.455. The topological polar surface area (TPSA) is 93.2 Å². The normalized spacial score (nSPS) is 31.3. The zero-order chi connectivity index (χ0) is 38.2. The number of esters is 2. The van der Waals surface area contributed by atoms with Crippen LogP contribution in [0, 0.1) is 46.3 Å². The molecule has 0 radical (unpaired) electrons. The number of ether oxygens (including phenoxy) is 2. The molecule has 9 atom stereocenters. The summed E-state index contributed by atoms with van der Waals surface area (Å²) in [6.07, 6.45) is 0. The Morgan fingerprint density at radius 3 is 1.57 bits per heavy atom. The first-order chi connectivity index (χ1) is 25.8. The number of nitrogens with zero attached hydrogens (tertiary/aromatic N) is 2. The second kappa shape index (κ2) is 12.2. The minimum absolute atomic E-state index is 0.0186. The van der Waals surface area contributed by atoms with Crippen molar-refractivity contribution in [2.45, 2.75) is 53.4 Å². The van der Waals surface area contributed by atoms with Crippen molar-refractivity contribution in [1.29, 1.82) is 0 Å². The van der Waals surface area contributed by atoms with Gasteiger partial charge in [0.25, 0.3) is 0 Å². The van der Waals surface area contributed by atoms with Crippen LogP contribution in [0.1, 0.15) is 64.5 Å². The number of carbonyl (C=O) groups excluding carboxylic acids is 4. The van der Waals surface area contributed by atoms with E-state index < -0.39 is 22.8 Å². The molecular weight excluding hydrogens is 723 g/mol. The van der Waals surface area contributed by atoms with Crippen molar-refractivity contribution in [2.75, 3.05) is 34.6 Å².